The van der Waals surface area contributed by atoms with Crippen molar-refractivity contribution in [1.82, 2.24) is 29.9 Å². The van der Waals surface area contributed by atoms with E-state index in [0.29, 0.717) is 67.3 Å². The van der Waals surface area contributed by atoms with Gasteiger partial charge in [0.05, 0.1) is 17.4 Å². The molecule has 35 heavy (non-hydrogen) atoms. The van der Waals surface area contributed by atoms with Gasteiger partial charge in [0.1, 0.15) is 5.82 Å². The lowest BCUT2D eigenvalue weighted by molar-refractivity contribution is -0.133. The third-order valence-corrected chi connectivity index (χ3v) is 6.33. The minimum absolute atomic E-state index is 0.132. The Morgan fingerprint density at radius 1 is 1.03 bits per heavy atom. The Morgan fingerprint density at radius 2 is 1.80 bits per heavy atom. The smallest absolute Gasteiger partial charge is 0.258 e. The molecule has 3 heterocycles. The van der Waals surface area contributed by atoms with Crippen LogP contribution in [0.2, 0.25) is 0 Å². The van der Waals surface area contributed by atoms with E-state index in [1.165, 1.54) is 5.56 Å². The van der Waals surface area contributed by atoms with Crippen molar-refractivity contribution in [1.29, 1.82) is 0 Å². The Kier molecular flexibility index (Phi) is 6.67. The van der Waals surface area contributed by atoms with Crippen LogP contribution in [0.15, 0.2) is 57.8 Å². The molecule has 5 rings (SSSR count). The van der Waals surface area contributed by atoms with E-state index in [1.54, 1.807) is 6.07 Å². The van der Waals surface area contributed by atoms with E-state index >= 15 is 0 Å². The average molecular weight is 473 g/mol. The molecule has 1 amide bonds. The number of aromatic amines is 1. The number of benzene rings is 2. The molecule has 2 aromatic carbocycles. The lowest BCUT2D eigenvalue weighted by Crippen LogP contribution is -2.48. The Labute approximate surface area is 202 Å². The normalized spacial score (nSPS) is 14.5. The van der Waals surface area contributed by atoms with Crippen molar-refractivity contribution >= 4 is 16.8 Å². The summed E-state index contributed by atoms with van der Waals surface area (Å²) in [6, 6.07) is 15.3. The van der Waals surface area contributed by atoms with Crippen molar-refractivity contribution in [3.8, 4) is 11.4 Å². The van der Waals surface area contributed by atoms with Crippen molar-refractivity contribution in [2.24, 2.45) is 0 Å². The van der Waals surface area contributed by atoms with Crippen molar-refractivity contribution in [2.75, 3.05) is 26.2 Å². The minimum Gasteiger partial charge on any atom is -0.340 e. The highest BCUT2D eigenvalue weighted by molar-refractivity contribution is 5.77. The minimum atomic E-state index is -0.139. The van der Waals surface area contributed by atoms with Crippen LogP contribution in [0.4, 0.5) is 0 Å². The number of hydrogen-bond acceptors (Lipinski definition) is 7. The predicted molar refractivity (Wildman–Crippen MR) is 132 cm³/mol. The topological polar surface area (TPSA) is 108 Å². The number of aromatic nitrogens is 4. The van der Waals surface area contributed by atoms with Crippen molar-refractivity contribution in [3.05, 3.63) is 76.2 Å². The molecule has 0 spiro atoms. The number of carbonyl (C=O) groups is 1. The summed E-state index contributed by atoms with van der Waals surface area (Å²) >= 11 is 0. The zero-order valence-corrected chi connectivity index (χ0v) is 19.7. The van der Waals surface area contributed by atoms with Gasteiger partial charge in [0.15, 0.2) is 0 Å². The van der Waals surface area contributed by atoms with Crippen LogP contribution in [0.5, 0.6) is 0 Å². The first-order chi connectivity index (χ1) is 17.0. The molecule has 0 bridgehead atoms. The van der Waals surface area contributed by atoms with Gasteiger partial charge in [0, 0.05) is 44.6 Å². The molecule has 1 aliphatic rings. The number of H-pyrrole nitrogens is 1. The van der Waals surface area contributed by atoms with Crippen LogP contribution < -0.4 is 5.56 Å². The fraction of sp³-hybridized carbons (Fsp3) is 0.346. The van der Waals surface area contributed by atoms with Gasteiger partial charge in [-0.2, -0.15) is 4.98 Å². The van der Waals surface area contributed by atoms with E-state index in [0.717, 1.165) is 18.7 Å². The largest absolute Gasteiger partial charge is 0.340 e. The van der Waals surface area contributed by atoms with Crippen LogP contribution >= 0.6 is 0 Å². The standard InChI is InChI=1S/C26H28N6O3/c1-18-9-11-19(12-10-18)25-29-23(35-30-25)17-31-13-15-32(16-14-31)24(33)8-4-7-22-27-21-6-3-2-5-20(21)26(34)28-22/h2-3,5-6,9-12H,4,7-8,13-17H2,1H3,(H,27,28,34). The number of piperazine rings is 1. The van der Waals surface area contributed by atoms with Gasteiger partial charge in [-0.1, -0.05) is 47.1 Å². The highest BCUT2D eigenvalue weighted by atomic mass is 16.5. The number of aryl methyl sites for hydroxylation is 2. The van der Waals surface area contributed by atoms with E-state index < -0.39 is 0 Å². The van der Waals surface area contributed by atoms with E-state index in [4.69, 9.17) is 4.52 Å². The zero-order chi connectivity index (χ0) is 24.2. The Balaban J connectivity index is 1.08. The van der Waals surface area contributed by atoms with E-state index in [1.807, 2.05) is 54.3 Å². The first kappa shape index (κ1) is 22.9. The van der Waals surface area contributed by atoms with E-state index in [2.05, 4.69) is 25.0 Å². The summed E-state index contributed by atoms with van der Waals surface area (Å²) in [5, 5.41) is 4.68. The van der Waals surface area contributed by atoms with Gasteiger partial charge in [-0.15, -0.1) is 0 Å². The van der Waals surface area contributed by atoms with Crippen LogP contribution in [0.1, 0.15) is 30.1 Å². The van der Waals surface area contributed by atoms with Gasteiger partial charge in [-0.05, 0) is 25.5 Å². The lowest BCUT2D eigenvalue weighted by atomic mass is 10.1. The number of fused-ring (bicyclic) bond motifs is 1. The number of nitrogens with one attached hydrogen (secondary N) is 1. The third kappa shape index (κ3) is 5.46. The number of nitrogens with zero attached hydrogens (tertiary/aromatic N) is 5. The van der Waals surface area contributed by atoms with Crippen LogP contribution in [0, 0.1) is 6.92 Å². The second kappa shape index (κ2) is 10.2. The quantitative estimate of drug-likeness (QED) is 0.441. The maximum absolute atomic E-state index is 12.7. The van der Waals surface area contributed by atoms with Crippen LogP contribution in [0.25, 0.3) is 22.3 Å². The molecule has 1 saturated heterocycles. The van der Waals surface area contributed by atoms with Crippen molar-refractivity contribution in [3.63, 3.8) is 0 Å². The van der Waals surface area contributed by atoms with E-state index in [9.17, 15) is 9.59 Å². The highest BCUT2D eigenvalue weighted by Gasteiger charge is 2.22. The monoisotopic (exact) mass is 472 g/mol. The maximum Gasteiger partial charge on any atom is 0.258 e. The average Bonchev–Trinajstić information content (AvgIpc) is 3.33. The van der Waals surface area contributed by atoms with E-state index in [-0.39, 0.29) is 11.5 Å². The van der Waals surface area contributed by atoms with Gasteiger partial charge in [0.2, 0.25) is 17.6 Å². The van der Waals surface area contributed by atoms with Crippen LogP contribution in [0.3, 0.4) is 0 Å². The molecular weight excluding hydrogens is 444 g/mol. The van der Waals surface area contributed by atoms with Gasteiger partial charge >= 0.3 is 0 Å². The zero-order valence-electron chi connectivity index (χ0n) is 19.7. The second-order valence-electron chi connectivity index (χ2n) is 8.92. The number of hydrogen-bond donors (Lipinski definition) is 1. The highest BCUT2D eigenvalue weighted by Crippen LogP contribution is 2.17. The number of para-hydroxylation sites is 1. The predicted octanol–water partition coefficient (Wildman–Crippen LogP) is 2.95. The summed E-state index contributed by atoms with van der Waals surface area (Å²) in [6.07, 6.45) is 1.64. The van der Waals surface area contributed by atoms with Crippen molar-refractivity contribution in [2.45, 2.75) is 32.7 Å². The maximum atomic E-state index is 12.7. The van der Waals surface area contributed by atoms with Gasteiger partial charge < -0.3 is 14.4 Å². The first-order valence-electron chi connectivity index (χ1n) is 11.9. The first-order valence-corrected chi connectivity index (χ1v) is 11.9. The molecule has 0 atom stereocenters. The molecule has 1 fully saturated rings. The Hall–Kier alpha value is -3.85. The summed E-state index contributed by atoms with van der Waals surface area (Å²) in [5.41, 5.74) is 2.66. The number of amides is 1. The van der Waals surface area contributed by atoms with Gasteiger partial charge in [0.25, 0.3) is 5.56 Å². The molecule has 2 aromatic heterocycles. The van der Waals surface area contributed by atoms with Crippen molar-refractivity contribution < 1.29 is 9.32 Å². The summed E-state index contributed by atoms with van der Waals surface area (Å²) < 4.78 is 5.44. The third-order valence-electron chi connectivity index (χ3n) is 6.33. The molecule has 180 valence electrons. The molecule has 9 heteroatoms. The molecule has 0 radical (unpaired) electrons. The van der Waals surface area contributed by atoms with Crippen LogP contribution in [-0.4, -0.2) is 62.0 Å². The second-order valence-corrected chi connectivity index (χ2v) is 8.92. The fourth-order valence-electron chi connectivity index (χ4n) is 4.30. The summed E-state index contributed by atoms with van der Waals surface area (Å²) in [5.74, 6) is 1.93. The van der Waals surface area contributed by atoms with Gasteiger partial charge in [-0.25, -0.2) is 4.98 Å². The molecule has 1 N–H and O–H groups in total. The summed E-state index contributed by atoms with van der Waals surface area (Å²) in [7, 11) is 0. The number of rotatable bonds is 7. The lowest BCUT2D eigenvalue weighted by Gasteiger charge is -2.34. The Morgan fingerprint density at radius 3 is 2.60 bits per heavy atom. The molecule has 0 unspecified atom stereocenters. The molecule has 1 aliphatic heterocycles. The SMILES string of the molecule is Cc1ccc(-c2noc(CN3CCN(C(=O)CCCc4nc5ccccc5c(=O)[nH]4)CC3)n2)cc1. The summed E-state index contributed by atoms with van der Waals surface area (Å²) in [6.45, 7) is 5.47. The van der Waals surface area contributed by atoms with Crippen LogP contribution in [-0.2, 0) is 17.8 Å². The molecule has 0 saturated carbocycles. The fourth-order valence-corrected chi connectivity index (χ4v) is 4.30. The number of carbonyl (C=O) groups excluding carboxylic acids is 1. The Bertz CT molecular complexity index is 1370. The molecule has 0 aliphatic carbocycles. The molecule has 4 aromatic rings. The summed E-state index contributed by atoms with van der Waals surface area (Å²) in [4.78, 5) is 40.9. The molecule has 9 nitrogen and oxygen atoms in total. The van der Waals surface area contributed by atoms with Gasteiger partial charge in [-0.3, -0.25) is 14.5 Å². The molecular formula is C26H28N6O3.